The molecule has 1 N–H and O–H groups in total. The average molecular weight is 273 g/mol. The average Bonchev–Trinajstić information content (AvgIpc) is 2.42. The van der Waals surface area contributed by atoms with Crippen LogP contribution in [-0.4, -0.2) is 19.0 Å². The Balaban J connectivity index is 1.99. The summed E-state index contributed by atoms with van der Waals surface area (Å²) >= 11 is 0. The molecular formula is C16H29F2N. The number of nitrogens with one attached hydrogen (secondary N) is 1. The fraction of sp³-hybridized carbons (Fsp3) is 1.00. The summed E-state index contributed by atoms with van der Waals surface area (Å²) in [4.78, 5) is 0. The fourth-order valence-corrected chi connectivity index (χ4v) is 4.44. The van der Waals surface area contributed by atoms with E-state index in [2.05, 4.69) is 12.2 Å². The molecule has 0 aromatic carbocycles. The Labute approximate surface area is 116 Å². The normalized spacial score (nSPS) is 34.1. The van der Waals surface area contributed by atoms with Crippen molar-refractivity contribution in [1.29, 1.82) is 0 Å². The molecule has 2 aliphatic carbocycles. The van der Waals surface area contributed by atoms with Gasteiger partial charge >= 0.3 is 0 Å². The van der Waals surface area contributed by atoms with Gasteiger partial charge in [0.15, 0.2) is 0 Å². The first kappa shape index (κ1) is 15.2. The van der Waals surface area contributed by atoms with Crippen LogP contribution in [0, 0.1) is 17.8 Å². The van der Waals surface area contributed by atoms with E-state index in [-0.39, 0.29) is 12.8 Å². The summed E-state index contributed by atoms with van der Waals surface area (Å²) in [7, 11) is 2.03. The molecule has 3 heteroatoms. The molecule has 0 aromatic heterocycles. The molecular weight excluding hydrogens is 244 g/mol. The highest BCUT2D eigenvalue weighted by atomic mass is 19.3. The molecule has 2 saturated carbocycles. The molecule has 3 atom stereocenters. The van der Waals surface area contributed by atoms with Crippen molar-refractivity contribution in [2.75, 3.05) is 7.05 Å². The van der Waals surface area contributed by atoms with Gasteiger partial charge < -0.3 is 5.32 Å². The van der Waals surface area contributed by atoms with Gasteiger partial charge in [0.2, 0.25) is 5.92 Å². The van der Waals surface area contributed by atoms with E-state index in [1.165, 1.54) is 32.1 Å². The van der Waals surface area contributed by atoms with Crippen LogP contribution < -0.4 is 5.32 Å². The van der Waals surface area contributed by atoms with Gasteiger partial charge in [0.05, 0.1) is 0 Å². The Hall–Kier alpha value is -0.180. The van der Waals surface area contributed by atoms with Crippen LogP contribution >= 0.6 is 0 Å². The predicted molar refractivity (Wildman–Crippen MR) is 75.5 cm³/mol. The number of alkyl halides is 2. The van der Waals surface area contributed by atoms with Gasteiger partial charge in [0.25, 0.3) is 0 Å². The summed E-state index contributed by atoms with van der Waals surface area (Å²) in [5, 5.41) is 3.49. The van der Waals surface area contributed by atoms with Crippen LogP contribution in [0.2, 0.25) is 0 Å². The van der Waals surface area contributed by atoms with Gasteiger partial charge in [-0.05, 0) is 44.1 Å². The van der Waals surface area contributed by atoms with Crippen molar-refractivity contribution in [3.63, 3.8) is 0 Å². The lowest BCUT2D eigenvalue weighted by Crippen LogP contribution is -2.46. The Morgan fingerprint density at radius 2 is 1.74 bits per heavy atom. The van der Waals surface area contributed by atoms with Crippen LogP contribution in [0.1, 0.15) is 64.7 Å². The van der Waals surface area contributed by atoms with E-state index in [0.717, 1.165) is 5.92 Å². The maximum absolute atomic E-state index is 13.3. The molecule has 0 aliphatic heterocycles. The van der Waals surface area contributed by atoms with Crippen molar-refractivity contribution in [2.24, 2.45) is 17.8 Å². The SMILES string of the molecule is CCC1CCCCC1C(NC)C1CCC(F)(F)CC1. The van der Waals surface area contributed by atoms with Gasteiger partial charge in [0, 0.05) is 18.9 Å². The standard InChI is InChI=1S/C16H29F2N/c1-3-12-6-4-5-7-14(12)15(19-2)13-8-10-16(17,18)11-9-13/h12-15,19H,3-11H2,1-2H3. The Bertz CT molecular complexity index is 270. The molecule has 0 saturated heterocycles. The molecule has 2 aliphatic rings. The molecule has 0 radical (unpaired) electrons. The lowest BCUT2D eigenvalue weighted by Gasteiger charge is -2.42. The topological polar surface area (TPSA) is 12.0 Å². The first-order chi connectivity index (χ1) is 9.07. The quantitative estimate of drug-likeness (QED) is 0.788. The molecule has 0 amide bonds. The smallest absolute Gasteiger partial charge is 0.248 e. The highest BCUT2D eigenvalue weighted by molar-refractivity contribution is 4.91. The zero-order chi connectivity index (χ0) is 13.9. The fourth-order valence-electron chi connectivity index (χ4n) is 4.44. The minimum Gasteiger partial charge on any atom is -0.316 e. The monoisotopic (exact) mass is 273 g/mol. The first-order valence-corrected chi connectivity index (χ1v) is 8.12. The van der Waals surface area contributed by atoms with Crippen LogP contribution in [0.4, 0.5) is 8.78 Å². The molecule has 0 spiro atoms. The van der Waals surface area contributed by atoms with E-state index < -0.39 is 5.92 Å². The summed E-state index contributed by atoms with van der Waals surface area (Å²) in [6.07, 6.45) is 8.14. The zero-order valence-electron chi connectivity index (χ0n) is 12.4. The minimum atomic E-state index is -2.40. The van der Waals surface area contributed by atoms with E-state index in [1.54, 1.807) is 0 Å². The number of rotatable bonds is 4. The van der Waals surface area contributed by atoms with Crippen LogP contribution in [0.15, 0.2) is 0 Å². The third kappa shape index (κ3) is 3.68. The predicted octanol–water partition coefficient (Wildman–Crippen LogP) is 4.62. The summed E-state index contributed by atoms with van der Waals surface area (Å²) in [6.45, 7) is 2.28. The maximum Gasteiger partial charge on any atom is 0.248 e. The third-order valence-corrected chi connectivity index (χ3v) is 5.56. The minimum absolute atomic E-state index is 0.0966. The Kier molecular flexibility index (Phi) is 5.22. The summed E-state index contributed by atoms with van der Waals surface area (Å²) in [5.74, 6) is -0.429. The van der Waals surface area contributed by atoms with Gasteiger partial charge in [-0.25, -0.2) is 8.78 Å². The molecule has 112 valence electrons. The largest absolute Gasteiger partial charge is 0.316 e. The van der Waals surface area contributed by atoms with Gasteiger partial charge in [-0.15, -0.1) is 0 Å². The van der Waals surface area contributed by atoms with Crippen LogP contribution in [-0.2, 0) is 0 Å². The molecule has 0 heterocycles. The lowest BCUT2D eigenvalue weighted by molar-refractivity contribution is -0.0541. The van der Waals surface area contributed by atoms with Gasteiger partial charge in [-0.2, -0.15) is 0 Å². The summed E-state index contributed by atoms with van der Waals surface area (Å²) < 4.78 is 26.6. The van der Waals surface area contributed by atoms with Crippen molar-refractivity contribution >= 4 is 0 Å². The van der Waals surface area contributed by atoms with E-state index in [1.807, 2.05) is 7.05 Å². The van der Waals surface area contributed by atoms with Crippen molar-refractivity contribution in [3.05, 3.63) is 0 Å². The first-order valence-electron chi connectivity index (χ1n) is 8.12. The highest BCUT2D eigenvalue weighted by Crippen LogP contribution is 2.43. The van der Waals surface area contributed by atoms with Crippen molar-refractivity contribution in [2.45, 2.75) is 76.7 Å². The van der Waals surface area contributed by atoms with E-state index >= 15 is 0 Å². The zero-order valence-corrected chi connectivity index (χ0v) is 12.4. The molecule has 2 rings (SSSR count). The lowest BCUT2D eigenvalue weighted by atomic mass is 9.68. The second kappa shape index (κ2) is 6.51. The Morgan fingerprint density at radius 1 is 1.11 bits per heavy atom. The van der Waals surface area contributed by atoms with Crippen molar-refractivity contribution in [3.8, 4) is 0 Å². The van der Waals surface area contributed by atoms with E-state index in [4.69, 9.17) is 0 Å². The number of halogens is 2. The Morgan fingerprint density at radius 3 is 2.32 bits per heavy atom. The molecule has 19 heavy (non-hydrogen) atoms. The van der Waals surface area contributed by atoms with Gasteiger partial charge in [-0.3, -0.25) is 0 Å². The van der Waals surface area contributed by atoms with Crippen LogP contribution in [0.5, 0.6) is 0 Å². The second-order valence-electron chi connectivity index (χ2n) is 6.62. The van der Waals surface area contributed by atoms with Gasteiger partial charge in [0.1, 0.15) is 0 Å². The number of hydrogen-bond acceptors (Lipinski definition) is 1. The van der Waals surface area contributed by atoms with Crippen LogP contribution in [0.25, 0.3) is 0 Å². The summed E-state index contributed by atoms with van der Waals surface area (Å²) in [5.41, 5.74) is 0. The third-order valence-electron chi connectivity index (χ3n) is 5.56. The molecule has 2 fully saturated rings. The maximum atomic E-state index is 13.3. The van der Waals surface area contributed by atoms with E-state index in [0.29, 0.717) is 30.7 Å². The van der Waals surface area contributed by atoms with Crippen molar-refractivity contribution in [1.82, 2.24) is 5.32 Å². The molecule has 1 nitrogen and oxygen atoms in total. The van der Waals surface area contributed by atoms with Crippen LogP contribution in [0.3, 0.4) is 0 Å². The number of hydrogen-bond donors (Lipinski definition) is 1. The van der Waals surface area contributed by atoms with Gasteiger partial charge in [-0.1, -0.05) is 32.6 Å². The molecule has 0 bridgehead atoms. The van der Waals surface area contributed by atoms with E-state index in [9.17, 15) is 8.78 Å². The highest BCUT2D eigenvalue weighted by Gasteiger charge is 2.41. The summed E-state index contributed by atoms with van der Waals surface area (Å²) in [6, 6.07) is 0.460. The molecule has 3 unspecified atom stereocenters. The molecule has 0 aromatic rings. The van der Waals surface area contributed by atoms with Crippen molar-refractivity contribution < 1.29 is 8.78 Å². The second-order valence-corrected chi connectivity index (χ2v) is 6.62.